The van der Waals surface area contributed by atoms with Crippen molar-refractivity contribution in [1.29, 1.82) is 0 Å². The van der Waals surface area contributed by atoms with Crippen LogP contribution in [-0.4, -0.2) is 47.4 Å². The van der Waals surface area contributed by atoms with Crippen LogP contribution < -0.4 is 5.56 Å². The first-order valence-corrected chi connectivity index (χ1v) is 11.5. The summed E-state index contributed by atoms with van der Waals surface area (Å²) in [5.74, 6) is -0.745. The molecule has 0 atom stereocenters. The van der Waals surface area contributed by atoms with Gasteiger partial charge in [0.2, 0.25) is 10.0 Å². The Morgan fingerprint density at radius 2 is 1.75 bits per heavy atom. The normalized spacial score (nSPS) is 11.5. The van der Waals surface area contributed by atoms with Crippen LogP contribution >= 0.6 is 0 Å². The van der Waals surface area contributed by atoms with Gasteiger partial charge in [0.05, 0.1) is 4.90 Å². The Morgan fingerprint density at radius 1 is 1.06 bits per heavy atom. The molecule has 4 aromatic rings. The summed E-state index contributed by atoms with van der Waals surface area (Å²) in [6.07, 6.45) is 2.53. The first-order chi connectivity index (χ1) is 15.2. The van der Waals surface area contributed by atoms with Crippen molar-refractivity contribution in [2.24, 2.45) is 0 Å². The van der Waals surface area contributed by atoms with Crippen LogP contribution in [0.1, 0.15) is 18.9 Å². The molecule has 0 saturated carbocycles. The number of sulfonamides is 1. The van der Waals surface area contributed by atoms with Gasteiger partial charge in [-0.2, -0.15) is 0 Å². The Kier molecular flexibility index (Phi) is 7.12. The number of carboxylic acid groups (broad SMARTS) is 1. The van der Waals surface area contributed by atoms with E-state index >= 15 is 0 Å². The number of nitrogens with one attached hydrogen (secondary N) is 2. The quantitative estimate of drug-likeness (QED) is 0.411. The van der Waals surface area contributed by atoms with E-state index in [0.29, 0.717) is 34.8 Å². The number of carboxylic acids is 1. The van der Waals surface area contributed by atoms with Crippen LogP contribution in [0.25, 0.3) is 21.8 Å². The Bertz CT molecular complexity index is 1390. The van der Waals surface area contributed by atoms with Crippen molar-refractivity contribution >= 4 is 37.8 Å². The number of benzene rings is 2. The maximum atomic E-state index is 13.0. The molecule has 0 amide bonds. The number of hydrogen-bond acceptors (Lipinski definition) is 4. The third-order valence-corrected chi connectivity index (χ3v) is 6.93. The molecule has 0 fully saturated rings. The van der Waals surface area contributed by atoms with Gasteiger partial charge in [-0.1, -0.05) is 37.3 Å². The lowest BCUT2D eigenvalue weighted by molar-refractivity contribution is -0.136. The molecule has 0 aliphatic carbocycles. The van der Waals surface area contributed by atoms with Gasteiger partial charge in [0.15, 0.2) is 0 Å². The van der Waals surface area contributed by atoms with E-state index in [2.05, 4.69) is 9.97 Å². The number of H-pyrrole nitrogens is 2. The van der Waals surface area contributed by atoms with Gasteiger partial charge in [-0.05, 0) is 36.2 Å². The summed E-state index contributed by atoms with van der Waals surface area (Å²) in [6, 6.07) is 16.4. The second-order valence-corrected chi connectivity index (χ2v) is 9.28. The third-order valence-electron chi connectivity index (χ3n) is 5.07. The summed E-state index contributed by atoms with van der Waals surface area (Å²) >= 11 is 0. The number of aromatic nitrogens is 2. The minimum atomic E-state index is -3.63. The van der Waals surface area contributed by atoms with Crippen LogP contribution in [0.3, 0.4) is 0 Å². The second-order valence-electron chi connectivity index (χ2n) is 7.24. The van der Waals surface area contributed by atoms with Crippen LogP contribution in [-0.2, 0) is 21.2 Å². The molecule has 0 spiro atoms. The minimum Gasteiger partial charge on any atom is -0.481 e. The van der Waals surface area contributed by atoms with E-state index in [1.165, 1.54) is 10.4 Å². The highest BCUT2D eigenvalue weighted by Crippen LogP contribution is 2.25. The number of aliphatic carboxylic acids is 1. The topological polar surface area (TPSA) is 123 Å². The van der Waals surface area contributed by atoms with Crippen molar-refractivity contribution in [1.82, 2.24) is 14.3 Å². The van der Waals surface area contributed by atoms with Gasteiger partial charge in [-0.15, -0.1) is 0 Å². The highest BCUT2D eigenvalue weighted by Gasteiger charge is 2.21. The monoisotopic (exact) mass is 455 g/mol. The number of likely N-dealkylation sites (N-methyl/N-ethyl adjacent to an activating group) is 1. The Hall–Kier alpha value is -3.43. The zero-order valence-corrected chi connectivity index (χ0v) is 18.6. The van der Waals surface area contributed by atoms with Crippen LogP contribution in [0.4, 0.5) is 0 Å². The Labute approximate surface area is 185 Å². The van der Waals surface area contributed by atoms with Crippen molar-refractivity contribution in [2.75, 3.05) is 13.6 Å². The van der Waals surface area contributed by atoms with E-state index in [9.17, 15) is 18.0 Å². The molecule has 0 aliphatic rings. The highest BCUT2D eigenvalue weighted by atomic mass is 32.2. The lowest BCUT2D eigenvalue weighted by Gasteiger charge is -2.17. The van der Waals surface area contributed by atoms with E-state index in [0.717, 1.165) is 5.56 Å². The lowest BCUT2D eigenvalue weighted by atomic mass is 10.1. The summed E-state index contributed by atoms with van der Waals surface area (Å²) in [6.45, 7) is 1.98. The van der Waals surface area contributed by atoms with E-state index in [1.54, 1.807) is 38.4 Å². The van der Waals surface area contributed by atoms with Crippen molar-refractivity contribution < 1.29 is 18.3 Å². The number of aromatic amines is 2. The molecule has 0 saturated heterocycles. The molecule has 0 unspecified atom stereocenters. The molecule has 0 bridgehead atoms. The van der Waals surface area contributed by atoms with Crippen LogP contribution in [0, 0.1) is 0 Å². The van der Waals surface area contributed by atoms with Gasteiger partial charge < -0.3 is 15.1 Å². The molecule has 2 heterocycles. The summed E-state index contributed by atoms with van der Waals surface area (Å²) in [5.41, 5.74) is 1.91. The first kappa shape index (κ1) is 23.2. The van der Waals surface area contributed by atoms with Crippen molar-refractivity contribution in [3.63, 3.8) is 0 Å². The van der Waals surface area contributed by atoms with Crippen molar-refractivity contribution in [3.8, 4) is 0 Å². The van der Waals surface area contributed by atoms with E-state index in [-0.39, 0.29) is 16.9 Å². The van der Waals surface area contributed by atoms with Crippen LogP contribution in [0.5, 0.6) is 0 Å². The van der Waals surface area contributed by atoms with Gasteiger partial charge in [0, 0.05) is 42.5 Å². The molecule has 2 aromatic carbocycles. The lowest BCUT2D eigenvalue weighted by Crippen LogP contribution is -2.29. The fraction of sp³-hybridized carbons (Fsp3) is 0.217. The Balaban J connectivity index is 0.000000523. The van der Waals surface area contributed by atoms with Gasteiger partial charge in [0.25, 0.3) is 5.56 Å². The zero-order chi connectivity index (χ0) is 23.3. The van der Waals surface area contributed by atoms with Crippen LogP contribution in [0.2, 0.25) is 0 Å². The number of carbonyl (C=O) groups is 1. The molecular weight excluding hydrogens is 430 g/mol. The molecule has 8 nitrogen and oxygen atoms in total. The van der Waals surface area contributed by atoms with Gasteiger partial charge in [-0.3, -0.25) is 9.59 Å². The average Bonchev–Trinajstić information content (AvgIpc) is 3.29. The predicted octanol–water partition coefficient (Wildman–Crippen LogP) is 3.35. The number of pyridine rings is 1. The smallest absolute Gasteiger partial charge is 0.303 e. The molecule has 3 N–H and O–H groups in total. The van der Waals surface area contributed by atoms with Crippen molar-refractivity contribution in [2.45, 2.75) is 24.7 Å². The molecular formula is C23H25N3O5S. The van der Waals surface area contributed by atoms with Crippen molar-refractivity contribution in [3.05, 3.63) is 76.7 Å². The second kappa shape index (κ2) is 9.80. The van der Waals surface area contributed by atoms with Gasteiger partial charge >= 0.3 is 5.97 Å². The average molecular weight is 456 g/mol. The third kappa shape index (κ3) is 5.06. The van der Waals surface area contributed by atoms with Crippen LogP contribution in [0.15, 0.2) is 70.5 Å². The largest absolute Gasteiger partial charge is 0.481 e. The van der Waals surface area contributed by atoms with E-state index in [4.69, 9.17) is 5.11 Å². The molecule has 4 rings (SSSR count). The van der Waals surface area contributed by atoms with E-state index < -0.39 is 16.0 Å². The molecule has 9 heteroatoms. The number of fused-ring (bicyclic) bond motifs is 3. The molecule has 2 aromatic heterocycles. The minimum absolute atomic E-state index is 0.208. The molecule has 0 radical (unpaired) electrons. The summed E-state index contributed by atoms with van der Waals surface area (Å²) in [5, 5.41) is 9.13. The number of nitrogens with zero attached hydrogens (tertiary/aromatic N) is 1. The maximum absolute atomic E-state index is 13.0. The summed E-state index contributed by atoms with van der Waals surface area (Å²) in [7, 11) is -2.05. The predicted molar refractivity (Wildman–Crippen MR) is 124 cm³/mol. The molecule has 32 heavy (non-hydrogen) atoms. The molecule has 0 aliphatic heterocycles. The molecule has 168 valence electrons. The fourth-order valence-electron chi connectivity index (χ4n) is 3.21. The highest BCUT2D eigenvalue weighted by molar-refractivity contribution is 7.89. The fourth-order valence-corrected chi connectivity index (χ4v) is 4.41. The maximum Gasteiger partial charge on any atom is 0.303 e. The van der Waals surface area contributed by atoms with E-state index in [1.807, 2.05) is 30.3 Å². The first-order valence-electron chi connectivity index (χ1n) is 10.1. The Morgan fingerprint density at radius 3 is 2.41 bits per heavy atom. The SMILES string of the molecule is CCC(=O)O.CN(CCc1ccccc1)S(=O)(=O)c1ccc2[nH]c(=O)c3[nH]ccc3c2c1. The summed E-state index contributed by atoms with van der Waals surface area (Å²) < 4.78 is 27.3. The number of hydrogen-bond donors (Lipinski definition) is 3. The number of rotatable bonds is 6. The van der Waals surface area contributed by atoms with Gasteiger partial charge in [0.1, 0.15) is 5.52 Å². The summed E-state index contributed by atoms with van der Waals surface area (Å²) in [4.78, 5) is 27.3. The zero-order valence-electron chi connectivity index (χ0n) is 17.8. The van der Waals surface area contributed by atoms with Gasteiger partial charge in [-0.25, -0.2) is 12.7 Å². The standard InChI is InChI=1S/C20H19N3O3S.C3H6O2/c1-23(12-10-14-5-3-2-4-6-14)27(25,26)15-7-8-18-17(13-15)16-9-11-21-19(16)20(24)22-18;1-2-3(4)5/h2-9,11,13,21H,10,12H2,1H3,(H,22,24);2H2,1H3,(H,4,5).